The maximum absolute atomic E-state index is 12.4. The Labute approximate surface area is 139 Å². The summed E-state index contributed by atoms with van der Waals surface area (Å²) in [4.78, 5) is 35.5. The predicted molar refractivity (Wildman–Crippen MR) is 91.1 cm³/mol. The van der Waals surface area contributed by atoms with Crippen LogP contribution in [0.1, 0.15) is 46.2 Å². The number of benzene rings is 1. The molecule has 2 rings (SSSR count). The van der Waals surface area contributed by atoms with Gasteiger partial charge in [0.2, 0.25) is 5.91 Å². The molecule has 2 amide bonds. The molecule has 1 aromatic heterocycles. The zero-order valence-electron chi connectivity index (χ0n) is 13.7. The third kappa shape index (κ3) is 3.87. The number of amides is 2. The van der Waals surface area contributed by atoms with E-state index in [0.717, 1.165) is 12.8 Å². The molecule has 0 spiro atoms. The van der Waals surface area contributed by atoms with Crippen molar-refractivity contribution < 1.29 is 9.59 Å². The number of nitrogens with zero attached hydrogens (tertiary/aromatic N) is 2. The molecular formula is C17H20N4O3. The highest BCUT2D eigenvalue weighted by Gasteiger charge is 2.14. The summed E-state index contributed by atoms with van der Waals surface area (Å²) in [6.45, 7) is 4.17. The summed E-state index contributed by atoms with van der Waals surface area (Å²) in [5.74, 6) is -1.01. The van der Waals surface area contributed by atoms with Gasteiger partial charge in [-0.25, -0.2) is 4.68 Å². The van der Waals surface area contributed by atoms with Gasteiger partial charge in [0, 0.05) is 23.9 Å². The molecule has 3 N–H and O–H groups in total. The number of hydrogen-bond acceptors (Lipinski definition) is 4. The van der Waals surface area contributed by atoms with Gasteiger partial charge in [-0.05, 0) is 37.1 Å². The molecule has 0 atom stereocenters. The lowest BCUT2D eigenvalue weighted by atomic mass is 10.1. The van der Waals surface area contributed by atoms with Gasteiger partial charge in [0.25, 0.3) is 11.5 Å². The maximum Gasteiger partial charge on any atom is 0.276 e. The number of hydrogen-bond donors (Lipinski definition) is 2. The van der Waals surface area contributed by atoms with Crippen molar-refractivity contribution in [1.29, 1.82) is 0 Å². The van der Waals surface area contributed by atoms with Crippen LogP contribution in [0, 0.1) is 6.92 Å². The second-order valence-corrected chi connectivity index (χ2v) is 5.43. The Hall–Kier alpha value is -2.96. The van der Waals surface area contributed by atoms with E-state index in [1.807, 2.05) is 6.92 Å². The minimum atomic E-state index is -0.560. The Morgan fingerprint density at radius 1 is 1.25 bits per heavy atom. The number of rotatable bonds is 6. The minimum Gasteiger partial charge on any atom is -0.366 e. The van der Waals surface area contributed by atoms with E-state index in [4.69, 9.17) is 5.73 Å². The van der Waals surface area contributed by atoms with Gasteiger partial charge >= 0.3 is 0 Å². The lowest BCUT2D eigenvalue weighted by Crippen LogP contribution is -2.26. The van der Waals surface area contributed by atoms with E-state index in [9.17, 15) is 14.4 Å². The van der Waals surface area contributed by atoms with Crippen LogP contribution in [-0.2, 0) is 6.54 Å². The number of primary amides is 1. The van der Waals surface area contributed by atoms with Crippen LogP contribution in [0.5, 0.6) is 0 Å². The molecule has 1 aromatic carbocycles. The van der Waals surface area contributed by atoms with Crippen molar-refractivity contribution >= 4 is 17.5 Å². The van der Waals surface area contributed by atoms with Gasteiger partial charge in [-0.2, -0.15) is 5.10 Å². The van der Waals surface area contributed by atoms with Crippen molar-refractivity contribution in [3.8, 4) is 0 Å². The van der Waals surface area contributed by atoms with Gasteiger partial charge in [0.1, 0.15) is 5.69 Å². The smallest absolute Gasteiger partial charge is 0.276 e. The van der Waals surface area contributed by atoms with E-state index in [-0.39, 0.29) is 11.3 Å². The van der Waals surface area contributed by atoms with E-state index in [1.54, 1.807) is 25.1 Å². The molecule has 0 aliphatic rings. The first-order valence-electron chi connectivity index (χ1n) is 7.73. The number of carbonyl (C=O) groups is 2. The molecule has 1 heterocycles. The van der Waals surface area contributed by atoms with Crippen LogP contribution in [-0.4, -0.2) is 21.6 Å². The Morgan fingerprint density at radius 2 is 2.00 bits per heavy atom. The first kappa shape index (κ1) is 17.4. The van der Waals surface area contributed by atoms with Gasteiger partial charge < -0.3 is 11.1 Å². The van der Waals surface area contributed by atoms with E-state index in [2.05, 4.69) is 10.4 Å². The summed E-state index contributed by atoms with van der Waals surface area (Å²) in [5.41, 5.74) is 6.60. The molecule has 0 aliphatic carbocycles. The monoisotopic (exact) mass is 328 g/mol. The molecule has 126 valence electrons. The third-order valence-corrected chi connectivity index (χ3v) is 3.67. The van der Waals surface area contributed by atoms with E-state index in [0.29, 0.717) is 23.4 Å². The molecule has 2 aromatic rings. The van der Waals surface area contributed by atoms with Crippen molar-refractivity contribution in [2.45, 2.75) is 33.2 Å². The molecule has 0 saturated carbocycles. The number of nitrogens with two attached hydrogens (primary N) is 1. The predicted octanol–water partition coefficient (Wildman–Crippen LogP) is 1.70. The van der Waals surface area contributed by atoms with Crippen LogP contribution < -0.4 is 16.6 Å². The molecule has 0 bridgehead atoms. The number of aryl methyl sites for hydroxylation is 1. The number of aromatic nitrogens is 2. The zero-order valence-corrected chi connectivity index (χ0v) is 13.7. The van der Waals surface area contributed by atoms with Gasteiger partial charge in [0.05, 0.1) is 0 Å². The fourth-order valence-corrected chi connectivity index (χ4v) is 2.26. The molecular weight excluding hydrogens is 308 g/mol. The molecule has 7 heteroatoms. The molecule has 24 heavy (non-hydrogen) atoms. The largest absolute Gasteiger partial charge is 0.366 e. The average molecular weight is 328 g/mol. The van der Waals surface area contributed by atoms with Crippen LogP contribution in [0.15, 0.2) is 35.1 Å². The first-order chi connectivity index (χ1) is 11.4. The van der Waals surface area contributed by atoms with Gasteiger partial charge in [-0.1, -0.05) is 19.4 Å². The van der Waals surface area contributed by atoms with E-state index >= 15 is 0 Å². The summed E-state index contributed by atoms with van der Waals surface area (Å²) >= 11 is 0. The zero-order chi connectivity index (χ0) is 17.7. The van der Waals surface area contributed by atoms with Gasteiger partial charge in [-0.3, -0.25) is 14.4 Å². The summed E-state index contributed by atoms with van der Waals surface area (Å²) in [6.07, 6.45) is 1.72. The normalized spacial score (nSPS) is 10.4. The number of nitrogens with one attached hydrogen (secondary N) is 1. The van der Waals surface area contributed by atoms with Crippen molar-refractivity contribution in [2.75, 3.05) is 5.32 Å². The third-order valence-electron chi connectivity index (χ3n) is 3.67. The second-order valence-electron chi connectivity index (χ2n) is 5.43. The second kappa shape index (κ2) is 7.54. The Balaban J connectivity index is 2.26. The Morgan fingerprint density at radius 3 is 2.67 bits per heavy atom. The topological polar surface area (TPSA) is 107 Å². The number of carbonyl (C=O) groups excluding carboxylic acids is 2. The highest BCUT2D eigenvalue weighted by Crippen LogP contribution is 2.19. The fraction of sp³-hybridized carbons (Fsp3) is 0.294. The van der Waals surface area contributed by atoms with Crippen LogP contribution in [0.25, 0.3) is 0 Å². The van der Waals surface area contributed by atoms with Crippen molar-refractivity contribution in [2.24, 2.45) is 5.73 Å². The van der Waals surface area contributed by atoms with Crippen LogP contribution >= 0.6 is 0 Å². The summed E-state index contributed by atoms with van der Waals surface area (Å²) in [5, 5.41) is 6.79. The highest BCUT2D eigenvalue weighted by atomic mass is 16.2. The maximum atomic E-state index is 12.4. The molecule has 0 aliphatic heterocycles. The standard InChI is InChI=1S/C17H20N4O3/c1-3-4-10-21-15(22)9-8-14(20-21)17(24)19-13-7-5-6-12(11(13)2)16(18)23/h5-9H,3-4,10H2,1-2H3,(H2,18,23)(H,19,24). The van der Waals surface area contributed by atoms with Crippen LogP contribution in [0.4, 0.5) is 5.69 Å². The molecule has 0 saturated heterocycles. The van der Waals surface area contributed by atoms with Crippen LogP contribution in [0.2, 0.25) is 0 Å². The molecule has 0 fully saturated rings. The first-order valence-corrected chi connectivity index (χ1v) is 7.73. The van der Waals surface area contributed by atoms with Gasteiger partial charge in [0.15, 0.2) is 0 Å². The number of anilines is 1. The minimum absolute atomic E-state index is 0.134. The van der Waals surface area contributed by atoms with E-state index < -0.39 is 11.8 Å². The van der Waals surface area contributed by atoms with Crippen molar-refractivity contribution in [3.63, 3.8) is 0 Å². The lowest BCUT2D eigenvalue weighted by Gasteiger charge is -2.11. The Bertz CT molecular complexity index is 827. The highest BCUT2D eigenvalue weighted by molar-refractivity contribution is 6.04. The van der Waals surface area contributed by atoms with Gasteiger partial charge in [-0.15, -0.1) is 0 Å². The molecule has 0 radical (unpaired) electrons. The van der Waals surface area contributed by atoms with E-state index in [1.165, 1.54) is 16.8 Å². The molecule has 7 nitrogen and oxygen atoms in total. The van der Waals surface area contributed by atoms with Crippen molar-refractivity contribution in [3.05, 3.63) is 57.5 Å². The number of unbranched alkanes of at least 4 members (excludes halogenated alkanes) is 1. The Kier molecular flexibility index (Phi) is 5.47. The summed E-state index contributed by atoms with van der Waals surface area (Å²) in [6, 6.07) is 7.61. The lowest BCUT2D eigenvalue weighted by molar-refractivity contribution is 0.0994. The summed E-state index contributed by atoms with van der Waals surface area (Å²) in [7, 11) is 0. The average Bonchev–Trinajstić information content (AvgIpc) is 2.55. The fourth-order valence-electron chi connectivity index (χ4n) is 2.26. The van der Waals surface area contributed by atoms with Crippen LogP contribution in [0.3, 0.4) is 0 Å². The molecule has 0 unspecified atom stereocenters. The van der Waals surface area contributed by atoms with Crippen molar-refractivity contribution in [1.82, 2.24) is 9.78 Å². The summed E-state index contributed by atoms with van der Waals surface area (Å²) < 4.78 is 1.28. The quantitative estimate of drug-likeness (QED) is 0.841. The SMILES string of the molecule is CCCCn1nc(C(=O)Nc2cccc(C(N)=O)c2C)ccc1=O.